The predicted octanol–water partition coefficient (Wildman–Crippen LogP) is 2.69. The summed E-state index contributed by atoms with van der Waals surface area (Å²) < 4.78 is 5.51. The first kappa shape index (κ1) is 6.00. The molecule has 12 heavy (non-hydrogen) atoms. The Morgan fingerprint density at radius 2 is 2.17 bits per heavy atom. The van der Waals surface area contributed by atoms with E-state index in [1.807, 2.05) is 24.4 Å². The summed E-state index contributed by atoms with van der Waals surface area (Å²) in [4.78, 5) is 4.14. The van der Waals surface area contributed by atoms with Gasteiger partial charge in [-0.15, -0.1) is 0 Å². The molecule has 1 aliphatic heterocycles. The Hall–Kier alpha value is -1.57. The predicted molar refractivity (Wildman–Crippen MR) is 48.1 cm³/mol. The maximum atomic E-state index is 5.51. The number of hydrogen-bond donors (Lipinski definition) is 0. The Kier molecular flexibility index (Phi) is 0.987. The van der Waals surface area contributed by atoms with Crippen molar-refractivity contribution in [2.75, 3.05) is 0 Å². The molecule has 1 aromatic carbocycles. The third kappa shape index (κ3) is 0.619. The van der Waals surface area contributed by atoms with Crippen molar-refractivity contribution in [3.63, 3.8) is 0 Å². The molecular formula is C10H7NO. The van der Waals surface area contributed by atoms with E-state index in [1.165, 1.54) is 10.9 Å². The summed E-state index contributed by atoms with van der Waals surface area (Å²) >= 11 is 0. The van der Waals surface area contributed by atoms with E-state index in [4.69, 9.17) is 4.42 Å². The minimum absolute atomic E-state index is 0.788. The van der Waals surface area contributed by atoms with Crippen LogP contribution in [0.15, 0.2) is 33.7 Å². The van der Waals surface area contributed by atoms with Crippen molar-refractivity contribution in [3.8, 4) is 0 Å². The van der Waals surface area contributed by atoms with Crippen LogP contribution in [0.3, 0.4) is 0 Å². The Bertz CT molecular complexity index is 468. The standard InChI is InChI=1S/C10H7NO/c1-2-4-9-7(3-1)8-5-6-11-10(8)12-9/h1-4,6H,5H2. The quantitative estimate of drug-likeness (QED) is 0.577. The Balaban J connectivity index is 2.49. The zero-order valence-electron chi connectivity index (χ0n) is 6.45. The maximum absolute atomic E-state index is 5.51. The van der Waals surface area contributed by atoms with Crippen LogP contribution in [0.25, 0.3) is 11.0 Å². The highest BCUT2D eigenvalue weighted by Crippen LogP contribution is 2.34. The molecule has 0 unspecified atom stereocenters. The van der Waals surface area contributed by atoms with E-state index in [0.29, 0.717) is 0 Å². The zero-order valence-corrected chi connectivity index (χ0v) is 6.45. The minimum atomic E-state index is 0.788. The van der Waals surface area contributed by atoms with Crippen LogP contribution in [-0.4, -0.2) is 6.21 Å². The molecule has 0 spiro atoms. The van der Waals surface area contributed by atoms with E-state index in [-0.39, 0.29) is 0 Å². The third-order valence-corrected chi connectivity index (χ3v) is 2.18. The summed E-state index contributed by atoms with van der Waals surface area (Å²) in [6.45, 7) is 0. The van der Waals surface area contributed by atoms with Crippen LogP contribution < -0.4 is 0 Å². The molecule has 0 saturated heterocycles. The number of hydrogen-bond acceptors (Lipinski definition) is 2. The molecule has 0 N–H and O–H groups in total. The smallest absolute Gasteiger partial charge is 0.223 e. The second kappa shape index (κ2) is 1.97. The number of rotatable bonds is 0. The van der Waals surface area contributed by atoms with Gasteiger partial charge in [-0.25, -0.2) is 4.99 Å². The summed E-state index contributed by atoms with van der Waals surface area (Å²) in [6, 6.07) is 8.05. The van der Waals surface area contributed by atoms with Crippen LogP contribution in [0.1, 0.15) is 5.56 Å². The van der Waals surface area contributed by atoms with Gasteiger partial charge >= 0.3 is 0 Å². The number of benzene rings is 1. The highest BCUT2D eigenvalue weighted by molar-refractivity contribution is 5.91. The topological polar surface area (TPSA) is 25.5 Å². The molecule has 0 atom stereocenters. The van der Waals surface area contributed by atoms with Gasteiger partial charge in [0.15, 0.2) is 0 Å². The lowest BCUT2D eigenvalue weighted by atomic mass is 10.1. The summed E-state index contributed by atoms with van der Waals surface area (Å²) in [6.07, 6.45) is 2.80. The molecule has 1 aliphatic rings. The van der Waals surface area contributed by atoms with E-state index in [0.717, 1.165) is 17.9 Å². The molecule has 1 aromatic heterocycles. The van der Waals surface area contributed by atoms with Crippen LogP contribution in [0, 0.1) is 0 Å². The molecule has 3 rings (SSSR count). The molecule has 0 fully saturated rings. The molecule has 0 amide bonds. The molecular weight excluding hydrogens is 150 g/mol. The van der Waals surface area contributed by atoms with Crippen molar-refractivity contribution >= 4 is 23.1 Å². The van der Waals surface area contributed by atoms with Gasteiger partial charge in [-0.2, -0.15) is 0 Å². The van der Waals surface area contributed by atoms with Crippen LogP contribution in [0.5, 0.6) is 0 Å². The van der Waals surface area contributed by atoms with Crippen molar-refractivity contribution in [1.29, 1.82) is 0 Å². The Morgan fingerprint density at radius 3 is 3.17 bits per heavy atom. The van der Waals surface area contributed by atoms with Gasteiger partial charge in [0.2, 0.25) is 5.88 Å². The molecule has 0 saturated carbocycles. The largest absolute Gasteiger partial charge is 0.438 e. The first-order valence-electron chi connectivity index (χ1n) is 3.98. The van der Waals surface area contributed by atoms with E-state index in [1.54, 1.807) is 0 Å². The van der Waals surface area contributed by atoms with Crippen LogP contribution in [-0.2, 0) is 6.42 Å². The fourth-order valence-electron chi connectivity index (χ4n) is 1.61. The van der Waals surface area contributed by atoms with Crippen LogP contribution in [0.2, 0.25) is 0 Å². The van der Waals surface area contributed by atoms with Crippen molar-refractivity contribution in [2.24, 2.45) is 4.99 Å². The SMILES string of the molecule is C1=Nc2oc3ccccc3c2C1. The lowest BCUT2D eigenvalue weighted by molar-refractivity contribution is 0.626. The van der Waals surface area contributed by atoms with Gasteiger partial charge in [-0.05, 0) is 6.07 Å². The molecule has 2 nitrogen and oxygen atoms in total. The highest BCUT2D eigenvalue weighted by Gasteiger charge is 2.15. The molecule has 2 heterocycles. The number of aliphatic imine (C=N–C) groups is 1. The number of para-hydroxylation sites is 1. The lowest BCUT2D eigenvalue weighted by Gasteiger charge is -1.86. The van der Waals surface area contributed by atoms with Gasteiger partial charge in [0, 0.05) is 23.6 Å². The molecule has 58 valence electrons. The second-order valence-electron chi connectivity index (χ2n) is 2.90. The number of fused-ring (bicyclic) bond motifs is 3. The normalized spacial score (nSPS) is 14.0. The van der Waals surface area contributed by atoms with Gasteiger partial charge in [0.25, 0.3) is 0 Å². The Morgan fingerprint density at radius 1 is 1.25 bits per heavy atom. The average molecular weight is 157 g/mol. The minimum Gasteiger partial charge on any atom is -0.438 e. The van der Waals surface area contributed by atoms with E-state index in [9.17, 15) is 0 Å². The second-order valence-corrected chi connectivity index (χ2v) is 2.90. The summed E-state index contributed by atoms with van der Waals surface area (Å²) in [5.74, 6) is 0.788. The first-order chi connectivity index (χ1) is 5.95. The summed E-state index contributed by atoms with van der Waals surface area (Å²) in [5.41, 5.74) is 2.17. The highest BCUT2D eigenvalue weighted by atomic mass is 16.3. The van der Waals surface area contributed by atoms with Crippen molar-refractivity contribution in [3.05, 3.63) is 29.8 Å². The summed E-state index contributed by atoms with van der Waals surface area (Å²) in [5, 5.41) is 1.20. The third-order valence-electron chi connectivity index (χ3n) is 2.18. The van der Waals surface area contributed by atoms with Gasteiger partial charge in [0.05, 0.1) is 0 Å². The van der Waals surface area contributed by atoms with E-state index >= 15 is 0 Å². The number of nitrogens with zero attached hydrogens (tertiary/aromatic N) is 1. The molecule has 0 aliphatic carbocycles. The molecule has 2 aromatic rings. The average Bonchev–Trinajstić information content (AvgIpc) is 2.62. The van der Waals surface area contributed by atoms with E-state index in [2.05, 4.69) is 11.1 Å². The van der Waals surface area contributed by atoms with E-state index < -0.39 is 0 Å². The van der Waals surface area contributed by atoms with Crippen LogP contribution >= 0.6 is 0 Å². The monoisotopic (exact) mass is 157 g/mol. The van der Waals surface area contributed by atoms with Gasteiger partial charge in [-0.3, -0.25) is 0 Å². The van der Waals surface area contributed by atoms with Gasteiger partial charge < -0.3 is 4.42 Å². The summed E-state index contributed by atoms with van der Waals surface area (Å²) in [7, 11) is 0. The van der Waals surface area contributed by atoms with Gasteiger partial charge in [-0.1, -0.05) is 18.2 Å². The van der Waals surface area contributed by atoms with Crippen molar-refractivity contribution < 1.29 is 4.42 Å². The van der Waals surface area contributed by atoms with Crippen molar-refractivity contribution in [2.45, 2.75) is 6.42 Å². The van der Waals surface area contributed by atoms with Crippen LogP contribution in [0.4, 0.5) is 5.88 Å². The Labute approximate surface area is 69.5 Å². The van der Waals surface area contributed by atoms with Crippen molar-refractivity contribution in [1.82, 2.24) is 0 Å². The molecule has 0 bridgehead atoms. The molecule has 0 radical (unpaired) electrons. The van der Waals surface area contributed by atoms with Gasteiger partial charge in [0.1, 0.15) is 5.58 Å². The zero-order chi connectivity index (χ0) is 7.97. The molecule has 2 heteroatoms. The fraction of sp³-hybridized carbons (Fsp3) is 0.100. The maximum Gasteiger partial charge on any atom is 0.223 e. The fourth-order valence-corrected chi connectivity index (χ4v) is 1.61. The first-order valence-corrected chi connectivity index (χ1v) is 3.98. The number of furan rings is 1. The lowest BCUT2D eigenvalue weighted by Crippen LogP contribution is -1.75.